The Morgan fingerprint density at radius 3 is 2.43 bits per heavy atom. The van der Waals surface area contributed by atoms with Crippen LogP contribution in [0, 0.1) is 11.6 Å². The zero-order chi connectivity index (χ0) is 21.6. The number of nitrogens with zero attached hydrogens (tertiary/aromatic N) is 1. The molecule has 2 aromatic carbocycles. The molecule has 0 amide bonds. The molecule has 4 rings (SSSR count). The second kappa shape index (κ2) is 7.33. The minimum absolute atomic E-state index is 0.159. The Balaban J connectivity index is 1.79. The molecule has 9 heteroatoms. The van der Waals surface area contributed by atoms with Gasteiger partial charge < -0.3 is 26.5 Å². The van der Waals surface area contributed by atoms with Crippen molar-refractivity contribution in [2.75, 3.05) is 23.3 Å². The van der Waals surface area contributed by atoms with Gasteiger partial charge in [0, 0.05) is 24.5 Å². The summed E-state index contributed by atoms with van der Waals surface area (Å²) < 4.78 is 31.6. The third-order valence-electron chi connectivity index (χ3n) is 5.25. The molecule has 0 spiro atoms. The molecular weight excluding hydrogens is 394 g/mol. The number of carboxylic acids is 1. The zero-order valence-corrected chi connectivity index (χ0v) is 15.9. The van der Waals surface area contributed by atoms with Crippen LogP contribution < -0.4 is 22.2 Å². The predicted molar refractivity (Wildman–Crippen MR) is 111 cm³/mol. The van der Waals surface area contributed by atoms with E-state index in [1.807, 2.05) is 12.1 Å². The van der Waals surface area contributed by atoms with Gasteiger partial charge in [-0.1, -0.05) is 12.1 Å². The Morgan fingerprint density at radius 1 is 1.17 bits per heavy atom. The molecule has 3 aromatic rings. The van der Waals surface area contributed by atoms with Crippen LogP contribution in [-0.4, -0.2) is 22.2 Å². The van der Waals surface area contributed by atoms with E-state index >= 15 is 4.39 Å². The first-order chi connectivity index (χ1) is 14.3. The fourth-order valence-electron chi connectivity index (χ4n) is 3.53. The van der Waals surface area contributed by atoms with Gasteiger partial charge in [-0.2, -0.15) is 0 Å². The van der Waals surface area contributed by atoms with Gasteiger partial charge in [0.1, 0.15) is 11.3 Å². The molecule has 6 N–H and O–H groups in total. The molecule has 0 aliphatic heterocycles. The van der Waals surface area contributed by atoms with Crippen LogP contribution in [0.1, 0.15) is 34.8 Å². The minimum Gasteiger partial charge on any atom is -0.477 e. The summed E-state index contributed by atoms with van der Waals surface area (Å²) in [6.07, 6.45) is 3.00. The maximum Gasteiger partial charge on any atom is 0.341 e. The van der Waals surface area contributed by atoms with Gasteiger partial charge in [-0.3, -0.25) is 4.79 Å². The third kappa shape index (κ3) is 3.32. The summed E-state index contributed by atoms with van der Waals surface area (Å²) in [5.41, 5.74) is 10.3. The molecule has 1 aliphatic carbocycles. The highest BCUT2D eigenvalue weighted by Crippen LogP contribution is 2.40. The number of hydrogen-bond acceptors (Lipinski definition) is 5. The Kier molecular flexibility index (Phi) is 4.81. The molecule has 0 radical (unpaired) electrons. The average molecular weight is 414 g/mol. The fourth-order valence-corrected chi connectivity index (χ4v) is 3.53. The van der Waals surface area contributed by atoms with Crippen LogP contribution in [-0.2, 0) is 6.42 Å². The summed E-state index contributed by atoms with van der Waals surface area (Å²) in [5, 5.41) is 11.6. The number of carboxylic acid groups (broad SMARTS) is 1. The molecule has 7 nitrogen and oxygen atoms in total. The lowest BCUT2D eigenvalue weighted by molar-refractivity contribution is 0.0695. The zero-order valence-electron chi connectivity index (χ0n) is 15.9. The standard InChI is InChI=1S/C21H20F2N4O3/c22-15-17(25)14-19(27(12-5-6-12)9-13(20(14)28)21(29)30)16(23)18(15)26-8-7-10-1-3-11(24)4-2-10/h1-4,9,12,26H,5-8,24-25H2,(H,29,30). The van der Waals surface area contributed by atoms with E-state index in [1.165, 1.54) is 4.57 Å². The van der Waals surface area contributed by atoms with E-state index in [9.17, 15) is 19.1 Å². The Morgan fingerprint density at radius 2 is 1.83 bits per heavy atom. The topological polar surface area (TPSA) is 123 Å². The van der Waals surface area contributed by atoms with Gasteiger partial charge in [0.2, 0.25) is 5.43 Å². The molecule has 156 valence electrons. The van der Waals surface area contributed by atoms with E-state index in [0.29, 0.717) is 24.9 Å². The minimum atomic E-state index is -1.47. The van der Waals surface area contributed by atoms with Crippen LogP contribution in [0.5, 0.6) is 0 Å². The SMILES string of the molecule is Nc1ccc(CCNc2c(F)c(N)c3c(=O)c(C(=O)O)cn(C4CC4)c3c2F)cc1. The Hall–Kier alpha value is -3.62. The highest BCUT2D eigenvalue weighted by atomic mass is 19.1. The van der Waals surface area contributed by atoms with Gasteiger partial charge in [-0.15, -0.1) is 0 Å². The van der Waals surface area contributed by atoms with Crippen LogP contribution in [0.3, 0.4) is 0 Å². The van der Waals surface area contributed by atoms with Gasteiger partial charge >= 0.3 is 5.97 Å². The molecule has 1 aromatic heterocycles. The number of nitrogens with one attached hydrogen (secondary N) is 1. The van der Waals surface area contributed by atoms with E-state index in [4.69, 9.17) is 11.5 Å². The van der Waals surface area contributed by atoms with Crippen LogP contribution in [0.25, 0.3) is 10.9 Å². The van der Waals surface area contributed by atoms with Gasteiger partial charge in [0.25, 0.3) is 0 Å². The number of aromatic carboxylic acids is 1. The van der Waals surface area contributed by atoms with Gasteiger partial charge in [-0.25, -0.2) is 13.6 Å². The van der Waals surface area contributed by atoms with Gasteiger partial charge in [0.05, 0.1) is 16.6 Å². The number of anilines is 3. The summed E-state index contributed by atoms with van der Waals surface area (Å²) in [5.74, 6) is -3.54. The Bertz CT molecular complexity index is 1220. The number of pyridine rings is 1. The maximum atomic E-state index is 15.4. The van der Waals surface area contributed by atoms with Crippen LogP contribution in [0.4, 0.5) is 25.8 Å². The van der Waals surface area contributed by atoms with Crippen molar-refractivity contribution < 1.29 is 18.7 Å². The van der Waals surface area contributed by atoms with E-state index in [0.717, 1.165) is 11.8 Å². The highest BCUT2D eigenvalue weighted by Gasteiger charge is 2.31. The number of benzene rings is 2. The van der Waals surface area contributed by atoms with Crippen molar-refractivity contribution in [2.24, 2.45) is 0 Å². The molecule has 0 bridgehead atoms. The first kappa shape index (κ1) is 19.7. The summed E-state index contributed by atoms with van der Waals surface area (Å²) in [7, 11) is 0. The number of hydrogen-bond donors (Lipinski definition) is 4. The average Bonchev–Trinajstić information content (AvgIpc) is 3.55. The molecule has 0 saturated heterocycles. The lowest BCUT2D eigenvalue weighted by Gasteiger charge is -2.18. The summed E-state index contributed by atoms with van der Waals surface area (Å²) in [6, 6.07) is 6.94. The molecule has 1 fully saturated rings. The summed E-state index contributed by atoms with van der Waals surface area (Å²) >= 11 is 0. The molecule has 0 unspecified atom stereocenters. The first-order valence-corrected chi connectivity index (χ1v) is 9.46. The van der Waals surface area contributed by atoms with Crippen LogP contribution in [0.2, 0.25) is 0 Å². The number of nitrogens with two attached hydrogens (primary N) is 2. The Labute approximate surface area is 169 Å². The number of aromatic nitrogens is 1. The van der Waals surface area contributed by atoms with Gasteiger partial charge in [0.15, 0.2) is 11.6 Å². The molecule has 30 heavy (non-hydrogen) atoms. The molecule has 1 aliphatic rings. The third-order valence-corrected chi connectivity index (χ3v) is 5.25. The monoisotopic (exact) mass is 414 g/mol. The van der Waals surface area contributed by atoms with Crippen molar-refractivity contribution >= 4 is 33.9 Å². The van der Waals surface area contributed by atoms with Crippen molar-refractivity contribution in [1.29, 1.82) is 0 Å². The number of halogens is 2. The van der Waals surface area contributed by atoms with Crippen LogP contribution in [0.15, 0.2) is 35.3 Å². The fraction of sp³-hybridized carbons (Fsp3) is 0.238. The smallest absolute Gasteiger partial charge is 0.341 e. The van der Waals surface area contributed by atoms with Crippen molar-refractivity contribution in [1.82, 2.24) is 4.57 Å². The lowest BCUT2D eigenvalue weighted by Crippen LogP contribution is -2.22. The van der Waals surface area contributed by atoms with Gasteiger partial charge in [-0.05, 0) is 37.0 Å². The second-order valence-corrected chi connectivity index (χ2v) is 7.37. The van der Waals surface area contributed by atoms with E-state index < -0.39 is 45.4 Å². The van der Waals surface area contributed by atoms with Crippen molar-refractivity contribution in [3.8, 4) is 0 Å². The normalized spacial score (nSPS) is 13.5. The lowest BCUT2D eigenvalue weighted by atomic mass is 10.1. The largest absolute Gasteiger partial charge is 0.477 e. The van der Waals surface area contributed by atoms with Crippen molar-refractivity contribution in [3.05, 3.63) is 63.4 Å². The van der Waals surface area contributed by atoms with E-state index in [-0.39, 0.29) is 18.1 Å². The number of nitrogen functional groups attached to an aromatic ring is 2. The highest BCUT2D eigenvalue weighted by molar-refractivity contribution is 5.99. The summed E-state index contributed by atoms with van der Waals surface area (Å²) in [4.78, 5) is 24.0. The van der Waals surface area contributed by atoms with E-state index in [2.05, 4.69) is 5.32 Å². The predicted octanol–water partition coefficient (Wildman–Crippen LogP) is 3.13. The van der Waals surface area contributed by atoms with E-state index in [1.54, 1.807) is 12.1 Å². The molecule has 1 saturated carbocycles. The molecule has 1 heterocycles. The number of rotatable bonds is 6. The quantitative estimate of drug-likeness (QED) is 0.460. The molecular formula is C21H20F2N4O3. The summed E-state index contributed by atoms with van der Waals surface area (Å²) in [6.45, 7) is 0.212. The molecule has 0 atom stereocenters. The van der Waals surface area contributed by atoms with Crippen molar-refractivity contribution in [2.45, 2.75) is 25.3 Å². The maximum absolute atomic E-state index is 15.4. The first-order valence-electron chi connectivity index (χ1n) is 9.46. The number of fused-ring (bicyclic) bond motifs is 1. The second-order valence-electron chi connectivity index (χ2n) is 7.37. The van der Waals surface area contributed by atoms with Crippen LogP contribution >= 0.6 is 0 Å². The number of carbonyl (C=O) groups is 1. The van der Waals surface area contributed by atoms with Crippen molar-refractivity contribution in [3.63, 3.8) is 0 Å².